The first-order chi connectivity index (χ1) is 15.5. The highest BCUT2D eigenvalue weighted by atomic mass is 15.2. The standard InChI is InChI=1S/C29H35N3/c1-6-13-23(8-3)28-30-27(31-29(32-28)24-16-10-9-11-17-24)22(5)20-25(14-7-2)26-18-12-15-21(4)19-26/h6,8-11,13-14,16-20,29H,7,12,15H2,1-5H3,(H,30,31,32)/b13-6-,22-20+,23-8+,25-14+. The minimum atomic E-state index is -0.263. The number of amidine groups is 2. The van der Waals surface area contributed by atoms with Gasteiger partial charge in [-0.25, -0.2) is 9.98 Å². The first-order valence-electron chi connectivity index (χ1n) is 11.6. The zero-order valence-electron chi connectivity index (χ0n) is 20.0. The number of hydrogen-bond acceptors (Lipinski definition) is 3. The van der Waals surface area contributed by atoms with E-state index in [2.05, 4.69) is 74.7 Å². The zero-order chi connectivity index (χ0) is 22.9. The van der Waals surface area contributed by atoms with E-state index in [1.54, 1.807) is 0 Å². The number of aliphatic imine (C=N–C) groups is 2. The van der Waals surface area contributed by atoms with Crippen molar-refractivity contribution >= 4 is 11.7 Å². The molecule has 1 N–H and O–H groups in total. The van der Waals surface area contributed by atoms with Gasteiger partial charge in [0.2, 0.25) is 0 Å². The normalized spacial score (nSPS) is 20.4. The van der Waals surface area contributed by atoms with E-state index in [4.69, 9.17) is 9.98 Å². The van der Waals surface area contributed by atoms with Crippen molar-refractivity contribution in [2.45, 2.75) is 60.0 Å². The third-order valence-corrected chi connectivity index (χ3v) is 5.58. The summed E-state index contributed by atoms with van der Waals surface area (Å²) in [6.07, 6.45) is 18.4. The summed E-state index contributed by atoms with van der Waals surface area (Å²) in [5.74, 6) is 1.72. The lowest BCUT2D eigenvalue weighted by atomic mass is 9.93. The lowest BCUT2D eigenvalue weighted by Crippen LogP contribution is -2.36. The first-order valence-corrected chi connectivity index (χ1v) is 11.6. The molecule has 1 unspecified atom stereocenters. The molecule has 3 nitrogen and oxygen atoms in total. The van der Waals surface area contributed by atoms with Crippen molar-refractivity contribution in [3.63, 3.8) is 0 Å². The van der Waals surface area contributed by atoms with Crippen LogP contribution in [0.15, 0.2) is 111 Å². The average molecular weight is 426 g/mol. The number of rotatable bonds is 7. The number of hydrogen-bond donors (Lipinski definition) is 1. The van der Waals surface area contributed by atoms with Gasteiger partial charge in [-0.05, 0) is 75.3 Å². The molecule has 0 fully saturated rings. The van der Waals surface area contributed by atoms with Gasteiger partial charge in [-0.3, -0.25) is 0 Å². The second-order valence-electron chi connectivity index (χ2n) is 8.19. The van der Waals surface area contributed by atoms with E-state index >= 15 is 0 Å². The Balaban J connectivity index is 2.01. The van der Waals surface area contributed by atoms with Crippen molar-refractivity contribution in [2.24, 2.45) is 9.98 Å². The molecule has 32 heavy (non-hydrogen) atoms. The van der Waals surface area contributed by atoms with Crippen molar-refractivity contribution < 1.29 is 0 Å². The topological polar surface area (TPSA) is 36.8 Å². The van der Waals surface area contributed by atoms with Crippen molar-refractivity contribution in [1.82, 2.24) is 5.32 Å². The molecule has 1 aliphatic carbocycles. The van der Waals surface area contributed by atoms with E-state index in [9.17, 15) is 0 Å². The van der Waals surface area contributed by atoms with Crippen LogP contribution in [-0.2, 0) is 0 Å². The van der Waals surface area contributed by atoms with Gasteiger partial charge in [0.1, 0.15) is 11.7 Å². The van der Waals surface area contributed by atoms with E-state index in [0.717, 1.165) is 47.6 Å². The van der Waals surface area contributed by atoms with Crippen molar-refractivity contribution in [2.75, 3.05) is 0 Å². The summed E-state index contributed by atoms with van der Waals surface area (Å²) in [4.78, 5) is 9.91. The third-order valence-electron chi connectivity index (χ3n) is 5.58. The molecule has 0 amide bonds. The Morgan fingerprint density at radius 1 is 1.09 bits per heavy atom. The van der Waals surface area contributed by atoms with Crippen LogP contribution in [0.1, 0.15) is 65.6 Å². The Hall–Kier alpha value is -3.20. The number of nitrogens with zero attached hydrogens (tertiary/aromatic N) is 2. The van der Waals surface area contributed by atoms with Crippen LogP contribution in [0, 0.1) is 0 Å². The van der Waals surface area contributed by atoms with Crippen LogP contribution in [0.2, 0.25) is 0 Å². The molecule has 1 heterocycles. The fourth-order valence-electron chi connectivity index (χ4n) is 3.90. The molecule has 0 radical (unpaired) electrons. The van der Waals surface area contributed by atoms with Crippen molar-refractivity contribution in [3.8, 4) is 0 Å². The van der Waals surface area contributed by atoms with Crippen molar-refractivity contribution in [1.29, 1.82) is 0 Å². The van der Waals surface area contributed by atoms with E-state index in [0.29, 0.717) is 0 Å². The molecule has 0 bridgehead atoms. The second-order valence-corrected chi connectivity index (χ2v) is 8.19. The molecule has 2 aliphatic rings. The van der Waals surface area contributed by atoms with Crippen LogP contribution in [0.25, 0.3) is 0 Å². The largest absolute Gasteiger partial charge is 0.325 e. The zero-order valence-corrected chi connectivity index (χ0v) is 20.0. The molecule has 1 aromatic carbocycles. The minimum absolute atomic E-state index is 0.263. The summed E-state index contributed by atoms with van der Waals surface area (Å²) in [5.41, 5.74) is 7.26. The Labute approximate surface area is 193 Å². The summed E-state index contributed by atoms with van der Waals surface area (Å²) in [6.45, 7) is 10.6. The SMILES string of the molecule is C/C=C\C(=C/C)C1=NC(c2ccccc2)N=C(/C(C)=C/C(=C\CC)C2=CCCC(C)=C2)N1. The van der Waals surface area contributed by atoms with E-state index in [-0.39, 0.29) is 6.17 Å². The lowest BCUT2D eigenvalue weighted by Gasteiger charge is -2.23. The van der Waals surface area contributed by atoms with Crippen LogP contribution in [0.3, 0.4) is 0 Å². The quantitative estimate of drug-likeness (QED) is 0.450. The molecular formula is C29H35N3. The van der Waals surface area contributed by atoms with Gasteiger partial charge in [0.05, 0.1) is 0 Å². The molecule has 1 atom stereocenters. The smallest absolute Gasteiger partial charge is 0.169 e. The average Bonchev–Trinajstić information content (AvgIpc) is 2.82. The van der Waals surface area contributed by atoms with Gasteiger partial charge in [0, 0.05) is 5.57 Å². The lowest BCUT2D eigenvalue weighted by molar-refractivity contribution is 0.755. The summed E-state index contributed by atoms with van der Waals surface area (Å²) in [6, 6.07) is 10.3. The van der Waals surface area contributed by atoms with Gasteiger partial charge in [0.15, 0.2) is 6.17 Å². The molecule has 0 saturated heterocycles. The molecule has 3 rings (SSSR count). The monoisotopic (exact) mass is 425 g/mol. The predicted molar refractivity (Wildman–Crippen MR) is 139 cm³/mol. The molecular weight excluding hydrogens is 390 g/mol. The molecule has 0 spiro atoms. The predicted octanol–water partition coefficient (Wildman–Crippen LogP) is 7.56. The maximum Gasteiger partial charge on any atom is 0.169 e. The molecule has 0 saturated carbocycles. The summed E-state index contributed by atoms with van der Waals surface area (Å²) >= 11 is 0. The van der Waals surface area contributed by atoms with Crippen LogP contribution in [0.5, 0.6) is 0 Å². The maximum absolute atomic E-state index is 4.99. The van der Waals surface area contributed by atoms with Gasteiger partial charge >= 0.3 is 0 Å². The van der Waals surface area contributed by atoms with Gasteiger partial charge in [-0.1, -0.05) is 79.3 Å². The fraction of sp³-hybridized carbons (Fsp3) is 0.310. The number of benzene rings is 1. The third kappa shape index (κ3) is 5.94. The van der Waals surface area contributed by atoms with Gasteiger partial charge in [-0.2, -0.15) is 0 Å². The van der Waals surface area contributed by atoms with Crippen LogP contribution >= 0.6 is 0 Å². The number of allylic oxidation sites excluding steroid dienone is 9. The highest BCUT2D eigenvalue weighted by molar-refractivity contribution is 6.16. The maximum atomic E-state index is 4.99. The Bertz CT molecular complexity index is 1060. The summed E-state index contributed by atoms with van der Waals surface area (Å²) in [5, 5.41) is 3.50. The highest BCUT2D eigenvalue weighted by Gasteiger charge is 2.20. The number of nitrogens with one attached hydrogen (secondary N) is 1. The van der Waals surface area contributed by atoms with Gasteiger partial charge in [0.25, 0.3) is 0 Å². The van der Waals surface area contributed by atoms with Gasteiger partial charge in [-0.15, -0.1) is 0 Å². The molecule has 1 aliphatic heterocycles. The Kier molecular flexibility index (Phi) is 8.38. The second kappa shape index (κ2) is 11.4. The van der Waals surface area contributed by atoms with E-state index in [1.807, 2.05) is 38.1 Å². The molecule has 0 aromatic heterocycles. The van der Waals surface area contributed by atoms with Crippen molar-refractivity contribution in [3.05, 3.63) is 106 Å². The van der Waals surface area contributed by atoms with Crippen LogP contribution in [0.4, 0.5) is 0 Å². The highest BCUT2D eigenvalue weighted by Crippen LogP contribution is 2.27. The first kappa shape index (κ1) is 23.5. The van der Waals surface area contributed by atoms with Crippen LogP contribution < -0.4 is 5.32 Å². The van der Waals surface area contributed by atoms with E-state index < -0.39 is 0 Å². The molecule has 1 aromatic rings. The van der Waals surface area contributed by atoms with Gasteiger partial charge < -0.3 is 5.32 Å². The summed E-state index contributed by atoms with van der Waals surface area (Å²) < 4.78 is 0. The van der Waals surface area contributed by atoms with E-state index in [1.165, 1.54) is 16.7 Å². The Morgan fingerprint density at radius 2 is 1.84 bits per heavy atom. The van der Waals surface area contributed by atoms with Crippen LogP contribution in [-0.4, -0.2) is 11.7 Å². The fourth-order valence-corrected chi connectivity index (χ4v) is 3.90. The summed E-state index contributed by atoms with van der Waals surface area (Å²) in [7, 11) is 0. The minimum Gasteiger partial charge on any atom is -0.325 e. The molecule has 166 valence electrons. The Morgan fingerprint density at radius 3 is 2.50 bits per heavy atom. The molecule has 3 heteroatoms.